The Kier molecular flexibility index (Phi) is 4.94. The lowest BCUT2D eigenvalue weighted by molar-refractivity contribution is -0.145. The van der Waals surface area contributed by atoms with Gasteiger partial charge in [0.15, 0.2) is 18.2 Å². The molecule has 0 spiro atoms. The molecule has 4 rings (SSSR count). The minimum absolute atomic E-state index is 0.0121. The van der Waals surface area contributed by atoms with Gasteiger partial charge in [-0.25, -0.2) is 0 Å². The van der Waals surface area contributed by atoms with Gasteiger partial charge < -0.3 is 9.84 Å². The molecule has 1 N–H and O–H groups in total. The minimum Gasteiger partial charge on any atom is -0.457 e. The summed E-state index contributed by atoms with van der Waals surface area (Å²) in [5, 5.41) is 11.5. The van der Waals surface area contributed by atoms with E-state index in [0.717, 1.165) is 30.4 Å². The van der Waals surface area contributed by atoms with Crippen molar-refractivity contribution in [2.75, 3.05) is 6.61 Å². The zero-order chi connectivity index (χ0) is 22.1. The standard InChI is InChI=1S/C24H29ClO5/c1-13-9-18-17-6-5-15-10-16(27)7-8-23(15,4)24(17,25)20(29)11-22(18,3)21(13)19(28)12-30-14(2)26/h7-8,10,17-18,20,29H,5-6,9,11-12H2,1-4H3/t17?,18-,20-,22-,23-,24-/m0/s1. The molecule has 0 aromatic rings. The Bertz CT molecular complexity index is 930. The molecular formula is C24H29ClO5. The van der Waals surface area contributed by atoms with Crippen molar-refractivity contribution in [3.8, 4) is 0 Å². The van der Waals surface area contributed by atoms with E-state index >= 15 is 0 Å². The van der Waals surface area contributed by atoms with Crippen molar-refractivity contribution in [2.24, 2.45) is 22.7 Å². The van der Waals surface area contributed by atoms with Crippen molar-refractivity contribution in [1.29, 1.82) is 0 Å². The number of hydrogen-bond donors (Lipinski definition) is 1. The number of carbonyl (C=O) groups is 3. The van der Waals surface area contributed by atoms with E-state index in [1.165, 1.54) is 6.92 Å². The molecule has 162 valence electrons. The summed E-state index contributed by atoms with van der Waals surface area (Å²) in [7, 11) is 0. The van der Waals surface area contributed by atoms with Gasteiger partial charge in [-0.2, -0.15) is 0 Å². The highest BCUT2D eigenvalue weighted by Gasteiger charge is 2.68. The van der Waals surface area contributed by atoms with Crippen molar-refractivity contribution in [2.45, 2.75) is 64.4 Å². The number of alkyl halides is 1. The molecular weight excluding hydrogens is 404 g/mol. The molecule has 5 nitrogen and oxygen atoms in total. The lowest BCUT2D eigenvalue weighted by Gasteiger charge is -2.63. The van der Waals surface area contributed by atoms with Gasteiger partial charge in [-0.05, 0) is 56.6 Å². The Balaban J connectivity index is 1.72. The number of halogens is 1. The fraction of sp³-hybridized carbons (Fsp3) is 0.625. The highest BCUT2D eigenvalue weighted by molar-refractivity contribution is 6.26. The van der Waals surface area contributed by atoms with Gasteiger partial charge in [-0.15, -0.1) is 11.6 Å². The van der Waals surface area contributed by atoms with Crippen LogP contribution in [0.25, 0.3) is 0 Å². The van der Waals surface area contributed by atoms with Crippen LogP contribution in [-0.4, -0.2) is 40.2 Å². The molecule has 6 heteroatoms. The van der Waals surface area contributed by atoms with Gasteiger partial charge in [0, 0.05) is 23.3 Å². The molecule has 4 aliphatic carbocycles. The molecule has 0 heterocycles. The number of ether oxygens (including phenoxy) is 1. The summed E-state index contributed by atoms with van der Waals surface area (Å²) in [6.45, 7) is 7.04. The summed E-state index contributed by atoms with van der Waals surface area (Å²) in [6.07, 6.45) is 6.87. The van der Waals surface area contributed by atoms with Crippen LogP contribution in [0, 0.1) is 22.7 Å². The number of allylic oxidation sites excluding steroid dienone is 5. The van der Waals surface area contributed by atoms with Crippen LogP contribution in [0.3, 0.4) is 0 Å². The van der Waals surface area contributed by atoms with E-state index < -0.39 is 27.8 Å². The smallest absolute Gasteiger partial charge is 0.303 e. The van der Waals surface area contributed by atoms with Gasteiger partial charge in [0.05, 0.1) is 11.0 Å². The molecule has 1 unspecified atom stereocenters. The summed E-state index contributed by atoms with van der Waals surface area (Å²) in [5.41, 5.74) is 1.54. The summed E-state index contributed by atoms with van der Waals surface area (Å²) >= 11 is 7.37. The topological polar surface area (TPSA) is 80.7 Å². The van der Waals surface area contributed by atoms with Crippen LogP contribution < -0.4 is 0 Å². The summed E-state index contributed by atoms with van der Waals surface area (Å²) in [4.78, 5) is 35.2. The third-order valence-corrected chi connectivity index (χ3v) is 9.17. The summed E-state index contributed by atoms with van der Waals surface area (Å²) in [5.74, 6) is -0.607. The average Bonchev–Trinajstić information content (AvgIpc) is 2.91. The molecule has 2 fully saturated rings. The number of fused-ring (bicyclic) bond motifs is 5. The number of Topliss-reactive ketones (excluding diaryl/α,β-unsaturated/α-hetero) is 1. The molecule has 0 aliphatic heterocycles. The Morgan fingerprint density at radius 3 is 2.67 bits per heavy atom. The molecule has 0 aromatic heterocycles. The monoisotopic (exact) mass is 432 g/mol. The van der Waals surface area contributed by atoms with E-state index in [1.54, 1.807) is 12.2 Å². The van der Waals surface area contributed by atoms with E-state index in [0.29, 0.717) is 12.0 Å². The normalized spacial score (nSPS) is 42.3. The van der Waals surface area contributed by atoms with Crippen LogP contribution in [0.15, 0.2) is 34.9 Å². The van der Waals surface area contributed by atoms with Crippen LogP contribution in [0.1, 0.15) is 53.4 Å². The highest BCUT2D eigenvalue weighted by atomic mass is 35.5. The van der Waals surface area contributed by atoms with E-state index in [1.807, 2.05) is 26.8 Å². The first kappa shape index (κ1) is 21.5. The second-order valence-electron chi connectivity index (χ2n) is 9.83. The van der Waals surface area contributed by atoms with E-state index in [2.05, 4.69) is 0 Å². The second-order valence-corrected chi connectivity index (χ2v) is 10.5. The average molecular weight is 433 g/mol. The first-order chi connectivity index (χ1) is 13.9. The lowest BCUT2D eigenvalue weighted by Crippen LogP contribution is -2.65. The van der Waals surface area contributed by atoms with E-state index in [9.17, 15) is 19.5 Å². The van der Waals surface area contributed by atoms with Crippen LogP contribution in [0.4, 0.5) is 0 Å². The maximum absolute atomic E-state index is 13.0. The van der Waals surface area contributed by atoms with Crippen LogP contribution >= 0.6 is 11.6 Å². The predicted molar refractivity (Wildman–Crippen MR) is 113 cm³/mol. The highest BCUT2D eigenvalue weighted by Crippen LogP contribution is 2.69. The summed E-state index contributed by atoms with van der Waals surface area (Å²) in [6, 6.07) is 0. The molecule has 6 atom stereocenters. The SMILES string of the molecule is CC(=O)OCC(=O)C1=C(C)C[C@H]2C3CCC4=CC(=O)C=C[C@]4(C)[C@@]3(Cl)[C@@H](O)C[C@]12C. The molecule has 0 aromatic carbocycles. The lowest BCUT2D eigenvalue weighted by atomic mass is 9.46. The van der Waals surface area contributed by atoms with Crippen molar-refractivity contribution in [3.05, 3.63) is 34.9 Å². The Morgan fingerprint density at radius 2 is 2.00 bits per heavy atom. The maximum atomic E-state index is 13.0. The van der Waals surface area contributed by atoms with Gasteiger partial charge in [0.2, 0.25) is 0 Å². The third kappa shape index (κ3) is 2.74. The van der Waals surface area contributed by atoms with E-state index in [4.69, 9.17) is 16.3 Å². The van der Waals surface area contributed by atoms with Crippen LogP contribution in [0.5, 0.6) is 0 Å². The number of ketones is 2. The first-order valence-corrected chi connectivity index (χ1v) is 11.0. The fourth-order valence-corrected chi connectivity index (χ4v) is 7.46. The summed E-state index contributed by atoms with van der Waals surface area (Å²) < 4.78 is 4.98. The van der Waals surface area contributed by atoms with Gasteiger partial charge >= 0.3 is 5.97 Å². The zero-order valence-electron chi connectivity index (χ0n) is 18.0. The van der Waals surface area contributed by atoms with Crippen LogP contribution in [0.2, 0.25) is 0 Å². The second kappa shape index (κ2) is 6.89. The molecule has 0 amide bonds. The molecule has 30 heavy (non-hydrogen) atoms. The number of esters is 1. The Hall–Kier alpha value is -1.72. The molecule has 0 saturated heterocycles. The van der Waals surface area contributed by atoms with Gasteiger partial charge in [-0.1, -0.05) is 31.1 Å². The Morgan fingerprint density at radius 1 is 1.30 bits per heavy atom. The zero-order valence-corrected chi connectivity index (χ0v) is 18.7. The molecule has 2 saturated carbocycles. The van der Waals surface area contributed by atoms with Crippen molar-refractivity contribution in [3.63, 3.8) is 0 Å². The number of aliphatic hydroxyl groups is 1. The third-order valence-electron chi connectivity index (χ3n) is 8.24. The number of carbonyl (C=O) groups excluding carboxylic acids is 3. The number of hydrogen-bond acceptors (Lipinski definition) is 5. The van der Waals surface area contributed by atoms with Crippen molar-refractivity contribution < 1.29 is 24.2 Å². The van der Waals surface area contributed by atoms with Gasteiger partial charge in [-0.3, -0.25) is 14.4 Å². The van der Waals surface area contributed by atoms with E-state index in [-0.39, 0.29) is 30.0 Å². The quantitative estimate of drug-likeness (QED) is 0.543. The van der Waals surface area contributed by atoms with Crippen molar-refractivity contribution in [1.82, 2.24) is 0 Å². The number of aliphatic hydroxyl groups excluding tert-OH is 1. The van der Waals surface area contributed by atoms with Gasteiger partial charge in [0.1, 0.15) is 0 Å². The predicted octanol–water partition coefficient (Wildman–Crippen LogP) is 3.69. The molecule has 0 radical (unpaired) electrons. The van der Waals surface area contributed by atoms with Crippen LogP contribution in [-0.2, 0) is 19.1 Å². The first-order valence-electron chi connectivity index (χ1n) is 10.6. The largest absolute Gasteiger partial charge is 0.457 e. The minimum atomic E-state index is -0.937. The molecule has 0 bridgehead atoms. The Labute approximate surface area is 182 Å². The number of rotatable bonds is 3. The maximum Gasteiger partial charge on any atom is 0.303 e. The van der Waals surface area contributed by atoms with Gasteiger partial charge in [0.25, 0.3) is 0 Å². The van der Waals surface area contributed by atoms with Crippen molar-refractivity contribution >= 4 is 29.1 Å². The fourth-order valence-electron chi connectivity index (χ4n) is 6.94. The molecule has 4 aliphatic rings.